The maximum absolute atomic E-state index is 11.6. The van der Waals surface area contributed by atoms with Crippen LogP contribution in [0.3, 0.4) is 0 Å². The van der Waals surface area contributed by atoms with Crippen molar-refractivity contribution >= 4 is 16.0 Å². The Kier molecular flexibility index (Phi) is 6.59. The Morgan fingerprint density at radius 1 is 1.39 bits per heavy atom. The minimum absolute atomic E-state index is 0.00772. The Balaban J connectivity index is 2.27. The van der Waals surface area contributed by atoms with Gasteiger partial charge in [-0.3, -0.25) is 0 Å². The smallest absolute Gasteiger partial charge is 0.342 e. The maximum Gasteiger partial charge on any atom is 0.342 e. The fourth-order valence-electron chi connectivity index (χ4n) is 1.81. The van der Waals surface area contributed by atoms with Gasteiger partial charge in [-0.25, -0.2) is 13.2 Å². The van der Waals surface area contributed by atoms with Crippen molar-refractivity contribution in [1.82, 2.24) is 10.2 Å². The first-order valence-electron chi connectivity index (χ1n) is 6.48. The monoisotopic (exact) mass is 278 g/mol. The van der Waals surface area contributed by atoms with E-state index in [0.29, 0.717) is 12.8 Å². The summed E-state index contributed by atoms with van der Waals surface area (Å²) in [5, 5.41) is 3.00. The molecular formula is C11H22N2O4S. The minimum Gasteiger partial charge on any atom is -0.354 e. The summed E-state index contributed by atoms with van der Waals surface area (Å²) in [5.41, 5.74) is 0. The second kappa shape index (κ2) is 7.70. The van der Waals surface area contributed by atoms with Crippen molar-refractivity contribution in [2.75, 3.05) is 12.3 Å². The van der Waals surface area contributed by atoms with E-state index < -0.39 is 22.0 Å². The van der Waals surface area contributed by atoms with E-state index in [2.05, 4.69) is 10.2 Å². The number of nitrogens with one attached hydrogen (secondary N) is 2. The molecule has 2 N–H and O–H groups in total. The maximum atomic E-state index is 11.6. The van der Waals surface area contributed by atoms with E-state index >= 15 is 0 Å². The molecule has 0 bridgehead atoms. The molecule has 1 rings (SSSR count). The number of carbonyl (C=O) groups is 1. The van der Waals surface area contributed by atoms with Gasteiger partial charge in [-0.05, 0) is 30.7 Å². The molecule has 18 heavy (non-hydrogen) atoms. The van der Waals surface area contributed by atoms with Crippen LogP contribution in [0.1, 0.15) is 45.4 Å². The molecule has 1 fully saturated rings. The molecule has 1 aliphatic heterocycles. The first-order chi connectivity index (χ1) is 8.55. The molecule has 1 atom stereocenters. The number of sulfonamides is 1. The van der Waals surface area contributed by atoms with Crippen molar-refractivity contribution in [2.24, 2.45) is 0 Å². The normalized spacial score (nSPS) is 20.6. The number of hydrogen-bond acceptors (Lipinski definition) is 5. The van der Waals surface area contributed by atoms with E-state index in [1.807, 2.05) is 11.8 Å². The summed E-state index contributed by atoms with van der Waals surface area (Å²) in [4.78, 5) is 18.1. The lowest BCUT2D eigenvalue weighted by atomic mass is 10.1. The zero-order valence-corrected chi connectivity index (χ0v) is 11.6. The second-order valence-corrected chi connectivity index (χ2v) is 6.34. The van der Waals surface area contributed by atoms with Gasteiger partial charge in [0, 0.05) is 0 Å². The van der Waals surface area contributed by atoms with Crippen LogP contribution in [0.15, 0.2) is 0 Å². The van der Waals surface area contributed by atoms with Gasteiger partial charge < -0.3 is 10.2 Å². The highest BCUT2D eigenvalue weighted by Crippen LogP contribution is 2.08. The largest absolute Gasteiger partial charge is 0.354 e. The molecule has 1 aliphatic rings. The van der Waals surface area contributed by atoms with E-state index in [4.69, 9.17) is 0 Å². The number of rotatable bonds is 7. The lowest BCUT2D eigenvalue weighted by Gasteiger charge is -2.21. The highest BCUT2D eigenvalue weighted by Gasteiger charge is 2.23. The van der Waals surface area contributed by atoms with Gasteiger partial charge in [0.25, 0.3) is 0 Å². The SMILES string of the molecule is CCCCCS(=O)(=O)NOC(=O)C1CCCCN1. The van der Waals surface area contributed by atoms with Crippen LogP contribution in [-0.2, 0) is 19.7 Å². The van der Waals surface area contributed by atoms with Crippen molar-refractivity contribution < 1.29 is 18.0 Å². The Morgan fingerprint density at radius 3 is 2.78 bits per heavy atom. The van der Waals surface area contributed by atoms with Gasteiger partial charge >= 0.3 is 5.97 Å². The molecule has 7 heteroatoms. The van der Waals surface area contributed by atoms with Gasteiger partial charge in [0.1, 0.15) is 6.04 Å². The van der Waals surface area contributed by atoms with Crippen LogP contribution in [-0.4, -0.2) is 32.7 Å². The molecule has 0 aliphatic carbocycles. The molecule has 1 saturated heterocycles. The quantitative estimate of drug-likeness (QED) is 0.529. The fourth-order valence-corrected chi connectivity index (χ4v) is 2.69. The summed E-state index contributed by atoms with van der Waals surface area (Å²) in [6.07, 6.45) is 5.05. The van der Waals surface area contributed by atoms with Gasteiger partial charge in [-0.2, -0.15) is 0 Å². The summed E-state index contributed by atoms with van der Waals surface area (Å²) >= 11 is 0. The van der Waals surface area contributed by atoms with Gasteiger partial charge in [0.2, 0.25) is 10.0 Å². The summed E-state index contributed by atoms with van der Waals surface area (Å²) < 4.78 is 23.0. The predicted octanol–water partition coefficient (Wildman–Crippen LogP) is 0.696. The van der Waals surface area contributed by atoms with E-state index in [1.165, 1.54) is 0 Å². The molecule has 0 amide bonds. The van der Waals surface area contributed by atoms with Crippen LogP contribution >= 0.6 is 0 Å². The van der Waals surface area contributed by atoms with E-state index in [-0.39, 0.29) is 5.75 Å². The molecule has 0 aromatic heterocycles. The van der Waals surface area contributed by atoms with Crippen molar-refractivity contribution in [3.8, 4) is 0 Å². The molecule has 0 aromatic rings. The lowest BCUT2D eigenvalue weighted by Crippen LogP contribution is -2.44. The standard InChI is InChI=1S/C11H22N2O4S/c1-2-3-6-9-18(15,16)13-17-11(14)10-7-4-5-8-12-10/h10,12-13H,2-9H2,1H3. The van der Waals surface area contributed by atoms with E-state index in [1.54, 1.807) is 0 Å². The van der Waals surface area contributed by atoms with Crippen LogP contribution in [0.4, 0.5) is 0 Å². The van der Waals surface area contributed by atoms with Gasteiger partial charge in [-0.1, -0.05) is 26.2 Å². The first-order valence-corrected chi connectivity index (χ1v) is 8.14. The topological polar surface area (TPSA) is 84.5 Å². The molecule has 1 heterocycles. The third-order valence-electron chi connectivity index (χ3n) is 2.88. The molecule has 0 spiro atoms. The highest BCUT2D eigenvalue weighted by molar-refractivity contribution is 7.89. The fraction of sp³-hybridized carbons (Fsp3) is 0.909. The Hall–Kier alpha value is -0.660. The van der Waals surface area contributed by atoms with Crippen molar-refractivity contribution in [1.29, 1.82) is 0 Å². The van der Waals surface area contributed by atoms with Crippen LogP contribution < -0.4 is 10.2 Å². The van der Waals surface area contributed by atoms with E-state index in [0.717, 1.165) is 32.2 Å². The molecule has 6 nitrogen and oxygen atoms in total. The molecule has 0 saturated carbocycles. The van der Waals surface area contributed by atoms with Crippen LogP contribution in [0.2, 0.25) is 0 Å². The number of hydrogen-bond donors (Lipinski definition) is 2. The van der Waals surface area contributed by atoms with E-state index in [9.17, 15) is 13.2 Å². The van der Waals surface area contributed by atoms with Gasteiger partial charge in [-0.15, -0.1) is 0 Å². The van der Waals surface area contributed by atoms with Crippen LogP contribution in [0.25, 0.3) is 0 Å². The molecular weight excluding hydrogens is 256 g/mol. The molecule has 0 radical (unpaired) electrons. The molecule has 1 unspecified atom stereocenters. The lowest BCUT2D eigenvalue weighted by molar-refractivity contribution is -0.150. The van der Waals surface area contributed by atoms with Crippen LogP contribution in [0, 0.1) is 0 Å². The van der Waals surface area contributed by atoms with Crippen molar-refractivity contribution in [2.45, 2.75) is 51.5 Å². The second-order valence-electron chi connectivity index (χ2n) is 4.53. The average Bonchev–Trinajstić information content (AvgIpc) is 2.37. The zero-order valence-electron chi connectivity index (χ0n) is 10.8. The Bertz CT molecular complexity index is 350. The van der Waals surface area contributed by atoms with Crippen LogP contribution in [0.5, 0.6) is 0 Å². The number of unbranched alkanes of at least 4 members (excludes halogenated alkanes) is 2. The summed E-state index contributed by atoms with van der Waals surface area (Å²) in [6.45, 7) is 2.76. The summed E-state index contributed by atoms with van der Waals surface area (Å²) in [7, 11) is -3.51. The highest BCUT2D eigenvalue weighted by atomic mass is 32.2. The number of piperidine rings is 1. The Labute approximate surface area is 108 Å². The predicted molar refractivity (Wildman–Crippen MR) is 68.2 cm³/mol. The van der Waals surface area contributed by atoms with Crippen molar-refractivity contribution in [3.05, 3.63) is 0 Å². The average molecular weight is 278 g/mol. The minimum atomic E-state index is -3.51. The molecule has 0 aromatic carbocycles. The summed E-state index contributed by atoms with van der Waals surface area (Å²) in [5.74, 6) is -0.555. The van der Waals surface area contributed by atoms with Gasteiger partial charge in [0.05, 0.1) is 5.75 Å². The Morgan fingerprint density at radius 2 is 2.17 bits per heavy atom. The molecule has 106 valence electrons. The third-order valence-corrected chi connectivity index (χ3v) is 4.04. The first kappa shape index (κ1) is 15.4. The third kappa shape index (κ3) is 5.79. The zero-order chi connectivity index (χ0) is 13.4. The van der Waals surface area contributed by atoms with Gasteiger partial charge in [0.15, 0.2) is 0 Å². The summed E-state index contributed by atoms with van der Waals surface area (Å²) in [6, 6.07) is -0.392. The number of carbonyl (C=O) groups excluding carboxylic acids is 1. The van der Waals surface area contributed by atoms with Crippen molar-refractivity contribution in [3.63, 3.8) is 0 Å².